The number of rotatable bonds is 6. The van der Waals surface area contributed by atoms with Crippen molar-refractivity contribution < 1.29 is 22.4 Å². The summed E-state index contributed by atoms with van der Waals surface area (Å²) in [6.07, 6.45) is 4.38. The highest BCUT2D eigenvalue weighted by molar-refractivity contribution is 6.06. The number of halogens is 4. The molecule has 0 spiro atoms. The maximum absolute atomic E-state index is 15.0. The third kappa shape index (κ3) is 5.49. The van der Waals surface area contributed by atoms with E-state index in [-0.39, 0.29) is 29.0 Å². The van der Waals surface area contributed by atoms with E-state index in [1.165, 1.54) is 16.8 Å². The Balaban J connectivity index is 1.22. The van der Waals surface area contributed by atoms with Crippen LogP contribution in [0.3, 0.4) is 0 Å². The van der Waals surface area contributed by atoms with E-state index in [0.717, 1.165) is 56.9 Å². The lowest BCUT2D eigenvalue weighted by Crippen LogP contribution is -2.44. The molecule has 0 bridgehead atoms. The van der Waals surface area contributed by atoms with Gasteiger partial charge in [-0.25, -0.2) is 27.1 Å². The summed E-state index contributed by atoms with van der Waals surface area (Å²) >= 11 is 0. The van der Waals surface area contributed by atoms with E-state index in [1.807, 2.05) is 16.8 Å². The summed E-state index contributed by atoms with van der Waals surface area (Å²) in [5, 5.41) is 6.79. The van der Waals surface area contributed by atoms with Gasteiger partial charge in [0.2, 0.25) is 0 Å². The first kappa shape index (κ1) is 27.2. The number of amides is 1. The third-order valence-electron chi connectivity index (χ3n) is 7.84. The molecule has 12 heteroatoms. The van der Waals surface area contributed by atoms with Crippen LogP contribution < -0.4 is 10.2 Å². The number of carbonyl (C=O) groups excluding carboxylic acids is 1. The second kappa shape index (κ2) is 11.1. The van der Waals surface area contributed by atoms with Crippen LogP contribution in [0.4, 0.5) is 29.1 Å². The van der Waals surface area contributed by atoms with Crippen molar-refractivity contribution in [3.8, 4) is 0 Å². The smallest absolute Gasteiger partial charge is 0.258 e. The van der Waals surface area contributed by atoms with E-state index in [2.05, 4.69) is 20.3 Å². The van der Waals surface area contributed by atoms with Gasteiger partial charge in [0, 0.05) is 56.6 Å². The fraction of sp³-hybridized carbons (Fsp3) is 0.345. The van der Waals surface area contributed by atoms with Crippen molar-refractivity contribution in [3.05, 3.63) is 88.8 Å². The van der Waals surface area contributed by atoms with Gasteiger partial charge in [-0.15, -0.1) is 0 Å². The molecular weight excluding hydrogens is 538 g/mol. The average Bonchev–Trinajstić information content (AvgIpc) is 3.60. The molecule has 214 valence electrons. The Bertz CT molecular complexity index is 1600. The number of nitrogens with one attached hydrogen (secondary N) is 1. The number of nitrogens with zero attached hydrogens (tertiary/aromatic N) is 6. The largest absolute Gasteiger partial charge is 0.349 e. The molecule has 0 aliphatic carbocycles. The topological polar surface area (TPSA) is 69.0 Å². The SMILES string of the molecule is CN1CCN(Cc2cc(F)c(C(=O)Nc3cnn4ccc(N5CCC[C@@H]5c5cc(F)ccc5F)nc34)cc2F)CC1. The Hall–Kier alpha value is -4.03. The van der Waals surface area contributed by atoms with Crippen molar-refractivity contribution in [2.75, 3.05) is 50.0 Å². The lowest BCUT2D eigenvalue weighted by molar-refractivity contribution is 0.102. The lowest BCUT2D eigenvalue weighted by Gasteiger charge is -2.32. The quantitative estimate of drug-likeness (QED) is 0.343. The van der Waals surface area contributed by atoms with Crippen molar-refractivity contribution in [2.24, 2.45) is 0 Å². The van der Waals surface area contributed by atoms with Gasteiger partial charge in [-0.1, -0.05) is 0 Å². The molecule has 1 atom stereocenters. The van der Waals surface area contributed by atoms with Crippen molar-refractivity contribution >= 4 is 23.1 Å². The van der Waals surface area contributed by atoms with Crippen LogP contribution in [0.15, 0.2) is 48.8 Å². The highest BCUT2D eigenvalue weighted by Crippen LogP contribution is 2.37. The van der Waals surface area contributed by atoms with Crippen molar-refractivity contribution in [3.63, 3.8) is 0 Å². The summed E-state index contributed by atoms with van der Waals surface area (Å²) in [4.78, 5) is 23.8. The predicted molar refractivity (Wildman–Crippen MR) is 146 cm³/mol. The molecule has 2 fully saturated rings. The molecule has 0 unspecified atom stereocenters. The van der Waals surface area contributed by atoms with E-state index < -0.39 is 40.8 Å². The van der Waals surface area contributed by atoms with Gasteiger partial charge in [-0.2, -0.15) is 5.10 Å². The second-order valence-corrected chi connectivity index (χ2v) is 10.6. The Labute approximate surface area is 234 Å². The summed E-state index contributed by atoms with van der Waals surface area (Å²) in [6.45, 7) is 4.03. The minimum atomic E-state index is -0.837. The van der Waals surface area contributed by atoms with Crippen LogP contribution >= 0.6 is 0 Å². The van der Waals surface area contributed by atoms with Gasteiger partial charge in [0.25, 0.3) is 5.91 Å². The molecule has 41 heavy (non-hydrogen) atoms. The highest BCUT2D eigenvalue weighted by atomic mass is 19.1. The van der Waals surface area contributed by atoms with E-state index in [1.54, 1.807) is 12.3 Å². The number of anilines is 2. The van der Waals surface area contributed by atoms with Gasteiger partial charge in [-0.05, 0) is 56.3 Å². The summed E-state index contributed by atoms with van der Waals surface area (Å²) in [6, 6.07) is 6.68. The summed E-state index contributed by atoms with van der Waals surface area (Å²) in [5.74, 6) is -2.84. The van der Waals surface area contributed by atoms with Crippen LogP contribution in [0.2, 0.25) is 0 Å². The van der Waals surface area contributed by atoms with Crippen LogP contribution in [-0.2, 0) is 6.54 Å². The number of hydrogen-bond donors (Lipinski definition) is 1. The van der Waals surface area contributed by atoms with Gasteiger partial charge in [0.15, 0.2) is 5.65 Å². The number of aromatic nitrogens is 3. The molecule has 4 heterocycles. The summed E-state index contributed by atoms with van der Waals surface area (Å²) < 4.78 is 59.9. The number of likely N-dealkylation sites (N-methyl/N-ethyl adjacent to an activating group) is 1. The minimum absolute atomic E-state index is 0.195. The molecule has 2 aliphatic heterocycles. The van der Waals surface area contributed by atoms with Crippen molar-refractivity contribution in [1.29, 1.82) is 0 Å². The third-order valence-corrected chi connectivity index (χ3v) is 7.84. The van der Waals surface area contributed by atoms with Gasteiger partial charge in [0.05, 0.1) is 17.8 Å². The van der Waals surface area contributed by atoms with Gasteiger partial charge >= 0.3 is 0 Å². The monoisotopic (exact) mass is 567 g/mol. The number of hydrogen-bond acceptors (Lipinski definition) is 6. The molecular formula is C29H29F4N7O. The Kier molecular flexibility index (Phi) is 7.35. The maximum atomic E-state index is 15.0. The standard InChI is InChI=1S/C29H29F4N7O/c1-37-9-11-38(12-10-37)17-18-13-24(33)21(15-23(18)32)29(41)35-25-16-34-40-8-6-27(36-28(25)40)39-7-2-3-26(39)20-14-19(30)4-5-22(20)31/h4-6,8,13-16,26H,2-3,7,9-12,17H2,1H3,(H,35,41)/t26-/m1/s1. The fourth-order valence-corrected chi connectivity index (χ4v) is 5.56. The first-order valence-electron chi connectivity index (χ1n) is 13.5. The van der Waals surface area contributed by atoms with Gasteiger partial charge in [0.1, 0.15) is 34.8 Å². The first-order chi connectivity index (χ1) is 19.8. The minimum Gasteiger partial charge on any atom is -0.349 e. The number of carbonyl (C=O) groups is 1. The van der Waals surface area contributed by atoms with Crippen LogP contribution in [0.1, 0.15) is 40.4 Å². The van der Waals surface area contributed by atoms with Crippen LogP contribution in [0.5, 0.6) is 0 Å². The van der Waals surface area contributed by atoms with E-state index in [9.17, 15) is 18.0 Å². The molecule has 2 aromatic heterocycles. The van der Waals surface area contributed by atoms with Crippen molar-refractivity contribution in [2.45, 2.75) is 25.4 Å². The Morgan fingerprint density at radius 1 is 0.976 bits per heavy atom. The van der Waals surface area contributed by atoms with Crippen LogP contribution in [0, 0.1) is 23.3 Å². The molecule has 1 amide bonds. The van der Waals surface area contributed by atoms with E-state index >= 15 is 4.39 Å². The Morgan fingerprint density at radius 3 is 2.59 bits per heavy atom. The molecule has 6 rings (SSSR count). The normalized spacial score (nSPS) is 18.4. The van der Waals surface area contributed by atoms with Crippen molar-refractivity contribution in [1.82, 2.24) is 24.4 Å². The second-order valence-electron chi connectivity index (χ2n) is 10.6. The molecule has 1 N–H and O–H groups in total. The van der Waals surface area contributed by atoms with E-state index in [4.69, 9.17) is 0 Å². The zero-order valence-corrected chi connectivity index (χ0v) is 22.5. The molecule has 4 aromatic rings. The lowest BCUT2D eigenvalue weighted by atomic mass is 10.0. The molecule has 2 aliphatic rings. The molecule has 0 saturated carbocycles. The molecule has 8 nitrogen and oxygen atoms in total. The summed E-state index contributed by atoms with van der Waals surface area (Å²) in [5.41, 5.74) is 0.488. The number of benzene rings is 2. The van der Waals surface area contributed by atoms with Crippen LogP contribution in [-0.4, -0.2) is 70.1 Å². The maximum Gasteiger partial charge on any atom is 0.258 e. The zero-order valence-electron chi connectivity index (χ0n) is 22.5. The fourth-order valence-electron chi connectivity index (χ4n) is 5.56. The van der Waals surface area contributed by atoms with Gasteiger partial charge in [-0.3, -0.25) is 9.69 Å². The van der Waals surface area contributed by atoms with Crippen LogP contribution in [0.25, 0.3) is 5.65 Å². The molecule has 0 radical (unpaired) electrons. The van der Waals surface area contributed by atoms with E-state index in [0.29, 0.717) is 18.8 Å². The summed E-state index contributed by atoms with van der Waals surface area (Å²) in [7, 11) is 2.02. The molecule has 2 aromatic carbocycles. The highest BCUT2D eigenvalue weighted by Gasteiger charge is 2.30. The first-order valence-corrected chi connectivity index (χ1v) is 13.5. The number of piperazine rings is 1. The molecule has 2 saturated heterocycles. The number of fused-ring (bicyclic) bond motifs is 1. The van der Waals surface area contributed by atoms with Gasteiger partial charge < -0.3 is 15.1 Å². The Morgan fingerprint density at radius 2 is 1.78 bits per heavy atom. The predicted octanol–water partition coefficient (Wildman–Crippen LogP) is 4.63. The zero-order chi connectivity index (χ0) is 28.7. The average molecular weight is 568 g/mol.